The molecule has 0 amide bonds. The summed E-state index contributed by atoms with van der Waals surface area (Å²) in [6.07, 6.45) is 4.96. The van der Waals surface area contributed by atoms with E-state index in [9.17, 15) is 0 Å². The Labute approximate surface area is 162 Å². The maximum absolute atomic E-state index is 6.15. The first-order valence-electron chi connectivity index (χ1n) is 8.25. The van der Waals surface area contributed by atoms with Gasteiger partial charge in [-0.2, -0.15) is 0 Å². The van der Waals surface area contributed by atoms with Crippen LogP contribution in [0.3, 0.4) is 0 Å². The first-order chi connectivity index (χ1) is 10.1. The van der Waals surface area contributed by atoms with E-state index in [1.165, 1.54) is 0 Å². The van der Waals surface area contributed by atoms with Crippen molar-refractivity contribution in [2.45, 2.75) is 93.6 Å². The third-order valence-electron chi connectivity index (χ3n) is 4.09. The Morgan fingerprint density at radius 1 is 0.545 bits per heavy atom. The standard InChI is InChI=1S/C15H30BBr3O3/c1-7-13(17,8-2)20-16(21-14(18,9-3)10-4)22-15(19,11-5)12-6/h7-12H2,1-6H3. The molecule has 0 aromatic carbocycles. The molecular weight excluding hydrogens is 479 g/mol. The predicted molar refractivity (Wildman–Crippen MR) is 106 cm³/mol. The number of hydrogen-bond donors (Lipinski definition) is 0. The van der Waals surface area contributed by atoms with E-state index in [4.69, 9.17) is 14.0 Å². The topological polar surface area (TPSA) is 27.7 Å². The molecule has 0 aliphatic rings. The van der Waals surface area contributed by atoms with Crippen LogP contribution in [-0.2, 0) is 14.0 Å². The van der Waals surface area contributed by atoms with Crippen molar-refractivity contribution in [1.29, 1.82) is 0 Å². The fourth-order valence-electron chi connectivity index (χ4n) is 1.84. The van der Waals surface area contributed by atoms with Crippen LogP contribution in [0.4, 0.5) is 0 Å². The van der Waals surface area contributed by atoms with Gasteiger partial charge in [-0.15, -0.1) is 0 Å². The molecule has 0 radical (unpaired) electrons. The lowest BCUT2D eigenvalue weighted by Gasteiger charge is -2.36. The van der Waals surface area contributed by atoms with E-state index in [-0.39, 0.29) is 0 Å². The molecule has 7 heteroatoms. The van der Waals surface area contributed by atoms with Crippen LogP contribution in [0, 0.1) is 0 Å². The van der Waals surface area contributed by atoms with Crippen molar-refractivity contribution in [3.8, 4) is 0 Å². The summed E-state index contributed by atoms with van der Waals surface area (Å²) in [5.41, 5.74) is 0. The second kappa shape index (κ2) is 10.4. The number of hydrogen-bond acceptors (Lipinski definition) is 3. The summed E-state index contributed by atoms with van der Waals surface area (Å²) in [7, 11) is -0.752. The van der Waals surface area contributed by atoms with E-state index in [1.54, 1.807) is 0 Å². The highest BCUT2D eigenvalue weighted by molar-refractivity contribution is 9.10. The van der Waals surface area contributed by atoms with Crippen LogP contribution >= 0.6 is 47.8 Å². The molecule has 0 N–H and O–H groups in total. The van der Waals surface area contributed by atoms with E-state index in [0.29, 0.717) is 0 Å². The van der Waals surface area contributed by atoms with Gasteiger partial charge in [0.15, 0.2) is 0 Å². The summed E-state index contributed by atoms with van der Waals surface area (Å²) in [5, 5.41) is 0. The van der Waals surface area contributed by atoms with Crippen molar-refractivity contribution in [1.82, 2.24) is 0 Å². The van der Waals surface area contributed by atoms with Crippen LogP contribution < -0.4 is 0 Å². The van der Waals surface area contributed by atoms with Crippen LogP contribution in [0.5, 0.6) is 0 Å². The van der Waals surface area contributed by atoms with Gasteiger partial charge in [0.2, 0.25) is 0 Å². The smallest absolute Gasteiger partial charge is 0.370 e. The highest BCUT2D eigenvalue weighted by Gasteiger charge is 2.43. The van der Waals surface area contributed by atoms with Crippen molar-refractivity contribution >= 4 is 55.1 Å². The van der Waals surface area contributed by atoms with Crippen molar-refractivity contribution in [3.05, 3.63) is 0 Å². The van der Waals surface area contributed by atoms with Crippen molar-refractivity contribution in [3.63, 3.8) is 0 Å². The molecule has 0 heterocycles. The van der Waals surface area contributed by atoms with Crippen LogP contribution in [-0.4, -0.2) is 20.9 Å². The van der Waals surface area contributed by atoms with Gasteiger partial charge >= 0.3 is 7.32 Å². The molecule has 0 saturated carbocycles. The molecule has 0 aromatic heterocycles. The van der Waals surface area contributed by atoms with Gasteiger partial charge in [0.05, 0.1) is 0 Å². The largest absolute Gasteiger partial charge is 0.642 e. The molecule has 0 saturated heterocycles. The molecule has 0 atom stereocenters. The zero-order valence-electron chi connectivity index (χ0n) is 14.7. The normalized spacial score (nSPS) is 13.5. The third-order valence-corrected chi connectivity index (χ3v) is 8.02. The number of alkyl halides is 3. The van der Waals surface area contributed by atoms with Crippen molar-refractivity contribution < 1.29 is 14.0 Å². The molecule has 0 rings (SSSR count). The van der Waals surface area contributed by atoms with Gasteiger partial charge in [-0.25, -0.2) is 0 Å². The van der Waals surface area contributed by atoms with E-state index >= 15 is 0 Å². The Bertz CT molecular complexity index is 259. The minimum atomic E-state index is -0.752. The number of rotatable bonds is 12. The quantitative estimate of drug-likeness (QED) is 0.215. The summed E-state index contributed by atoms with van der Waals surface area (Å²) < 4.78 is 17.1. The lowest BCUT2D eigenvalue weighted by atomic mass is 10.1. The van der Waals surface area contributed by atoms with E-state index in [0.717, 1.165) is 38.5 Å². The number of halogens is 3. The highest BCUT2D eigenvalue weighted by atomic mass is 79.9. The van der Waals surface area contributed by atoms with Gasteiger partial charge in [0.25, 0.3) is 0 Å². The molecule has 3 nitrogen and oxygen atoms in total. The zero-order valence-corrected chi connectivity index (χ0v) is 19.4. The monoisotopic (exact) mass is 506 g/mol. The molecule has 0 aromatic rings. The molecule has 22 heavy (non-hydrogen) atoms. The fourth-order valence-corrected chi connectivity index (χ4v) is 2.30. The van der Waals surface area contributed by atoms with Gasteiger partial charge in [0.1, 0.15) is 13.5 Å². The van der Waals surface area contributed by atoms with Crippen LogP contribution in [0.2, 0.25) is 0 Å². The molecule has 132 valence electrons. The molecule has 0 aliphatic heterocycles. The Morgan fingerprint density at radius 3 is 0.864 bits per heavy atom. The molecule has 0 aliphatic carbocycles. The second-order valence-electron chi connectivity index (χ2n) is 5.41. The first-order valence-corrected chi connectivity index (χ1v) is 10.6. The van der Waals surface area contributed by atoms with Crippen LogP contribution in [0.15, 0.2) is 0 Å². The van der Waals surface area contributed by atoms with Gasteiger partial charge in [0, 0.05) is 0 Å². The maximum Gasteiger partial charge on any atom is 0.642 e. The lowest BCUT2D eigenvalue weighted by molar-refractivity contribution is -0.0203. The van der Waals surface area contributed by atoms with Crippen molar-refractivity contribution in [2.75, 3.05) is 0 Å². The maximum atomic E-state index is 6.15. The van der Waals surface area contributed by atoms with Crippen LogP contribution in [0.25, 0.3) is 0 Å². The van der Waals surface area contributed by atoms with E-state index < -0.39 is 20.9 Å². The van der Waals surface area contributed by atoms with Gasteiger partial charge < -0.3 is 14.0 Å². The summed E-state index contributed by atoms with van der Waals surface area (Å²) in [4.78, 5) is 0. The Morgan fingerprint density at radius 2 is 0.727 bits per heavy atom. The fraction of sp³-hybridized carbons (Fsp3) is 1.00. The van der Waals surface area contributed by atoms with Crippen molar-refractivity contribution in [2.24, 2.45) is 0 Å². The van der Waals surface area contributed by atoms with E-state index in [2.05, 4.69) is 89.3 Å². The van der Waals surface area contributed by atoms with Gasteiger partial charge in [-0.05, 0) is 38.5 Å². The van der Waals surface area contributed by atoms with Gasteiger partial charge in [-0.3, -0.25) is 0 Å². The minimum Gasteiger partial charge on any atom is -0.370 e. The average Bonchev–Trinajstić information content (AvgIpc) is 2.54. The second-order valence-corrected chi connectivity index (χ2v) is 9.75. The Balaban J connectivity index is 5.22. The van der Waals surface area contributed by atoms with Gasteiger partial charge in [-0.1, -0.05) is 89.3 Å². The SMILES string of the molecule is CCC(Br)(CC)OB(OC(Br)(CC)CC)OC(Br)(CC)CC. The van der Waals surface area contributed by atoms with E-state index in [1.807, 2.05) is 0 Å². The Kier molecular flexibility index (Phi) is 11.0. The summed E-state index contributed by atoms with van der Waals surface area (Å²) in [6.45, 7) is 12.5. The molecule has 0 bridgehead atoms. The third kappa shape index (κ3) is 7.52. The Hall–Kier alpha value is 1.38. The molecule has 0 spiro atoms. The molecular formula is C15H30BBr3O3. The van der Waals surface area contributed by atoms with Crippen LogP contribution in [0.1, 0.15) is 80.1 Å². The summed E-state index contributed by atoms with van der Waals surface area (Å²) in [6, 6.07) is 0. The predicted octanol–water partition coefficient (Wildman–Crippen LogP) is 6.75. The lowest BCUT2D eigenvalue weighted by Crippen LogP contribution is -2.46. The first kappa shape index (κ1) is 23.4. The minimum absolute atomic E-state index is 0.442. The summed E-state index contributed by atoms with van der Waals surface area (Å²) >= 11 is 11.0. The molecule has 0 fully saturated rings. The summed E-state index contributed by atoms with van der Waals surface area (Å²) in [5.74, 6) is 0. The highest BCUT2D eigenvalue weighted by Crippen LogP contribution is 2.37. The average molecular weight is 509 g/mol. The zero-order chi connectivity index (χ0) is 17.4. The molecule has 0 unspecified atom stereocenters.